The Bertz CT molecular complexity index is 539. The third-order valence-corrected chi connectivity index (χ3v) is 3.58. The molecule has 0 atom stereocenters. The van der Waals surface area contributed by atoms with E-state index in [1.807, 2.05) is 7.05 Å². The van der Waals surface area contributed by atoms with E-state index >= 15 is 0 Å². The van der Waals surface area contributed by atoms with Gasteiger partial charge in [0.25, 0.3) is 0 Å². The minimum atomic E-state index is -0.430. The largest absolute Gasteiger partial charge is 0.461 e. The first kappa shape index (κ1) is 15.5. The highest BCUT2D eigenvalue weighted by Gasteiger charge is 2.29. The second-order valence-electron chi connectivity index (χ2n) is 4.93. The van der Waals surface area contributed by atoms with E-state index in [0.717, 1.165) is 11.3 Å². The summed E-state index contributed by atoms with van der Waals surface area (Å²) in [6.45, 7) is 3.51. The van der Waals surface area contributed by atoms with Crippen molar-refractivity contribution in [2.24, 2.45) is 7.05 Å². The van der Waals surface area contributed by atoms with Gasteiger partial charge in [-0.25, -0.2) is 4.79 Å². The maximum Gasteiger partial charge on any atom is 0.359 e. The van der Waals surface area contributed by atoms with E-state index in [0.29, 0.717) is 44.8 Å². The zero-order valence-corrected chi connectivity index (χ0v) is 12.7. The Kier molecular flexibility index (Phi) is 4.95. The van der Waals surface area contributed by atoms with E-state index in [1.54, 1.807) is 23.6 Å². The molecule has 0 fully saturated rings. The summed E-state index contributed by atoms with van der Waals surface area (Å²) in [6, 6.07) is 0. The summed E-state index contributed by atoms with van der Waals surface area (Å²) in [5.41, 5.74) is 2.11. The molecule has 2 rings (SSSR count). The van der Waals surface area contributed by atoms with E-state index < -0.39 is 5.97 Å². The number of fused-ring (bicyclic) bond motifs is 1. The summed E-state index contributed by atoms with van der Waals surface area (Å²) < 4.78 is 11.7. The Morgan fingerprint density at radius 3 is 2.81 bits per heavy atom. The van der Waals surface area contributed by atoms with Gasteiger partial charge in [0, 0.05) is 44.9 Å². The summed E-state index contributed by atoms with van der Waals surface area (Å²) in [5, 5.41) is 4.25. The molecule has 1 aliphatic heterocycles. The van der Waals surface area contributed by atoms with Crippen LogP contribution < -0.4 is 0 Å². The number of ether oxygens (including phenoxy) is 2. The smallest absolute Gasteiger partial charge is 0.359 e. The van der Waals surface area contributed by atoms with Crippen molar-refractivity contribution in [2.45, 2.75) is 26.3 Å². The minimum absolute atomic E-state index is 0.0289. The maximum absolute atomic E-state index is 12.1. The zero-order chi connectivity index (χ0) is 15.4. The molecular weight excluding hydrogens is 274 g/mol. The van der Waals surface area contributed by atoms with Crippen molar-refractivity contribution in [3.8, 4) is 0 Å². The lowest BCUT2D eigenvalue weighted by Crippen LogP contribution is -2.37. The first-order valence-corrected chi connectivity index (χ1v) is 7.07. The molecule has 1 aliphatic rings. The molecule has 1 aromatic rings. The van der Waals surface area contributed by atoms with Crippen LogP contribution in [-0.2, 0) is 34.3 Å². The first-order valence-electron chi connectivity index (χ1n) is 7.07. The molecule has 0 saturated heterocycles. The second-order valence-corrected chi connectivity index (χ2v) is 4.93. The first-order chi connectivity index (χ1) is 10.1. The van der Waals surface area contributed by atoms with Crippen LogP contribution in [-0.4, -0.2) is 53.4 Å². The molecule has 7 heteroatoms. The SMILES string of the molecule is CCOC(=O)c1nn(C)c2c1CN(C(=O)CCOC)CC2. The van der Waals surface area contributed by atoms with Gasteiger partial charge in [0.05, 0.1) is 19.6 Å². The normalized spacial score (nSPS) is 14.0. The van der Waals surface area contributed by atoms with E-state index in [2.05, 4.69) is 5.10 Å². The van der Waals surface area contributed by atoms with E-state index in [1.165, 1.54) is 0 Å². The topological polar surface area (TPSA) is 73.7 Å². The van der Waals surface area contributed by atoms with Crippen LogP contribution in [0.5, 0.6) is 0 Å². The number of rotatable bonds is 5. The van der Waals surface area contributed by atoms with Crippen LogP contribution in [0.1, 0.15) is 35.1 Å². The Morgan fingerprint density at radius 1 is 1.38 bits per heavy atom. The molecule has 0 unspecified atom stereocenters. The lowest BCUT2D eigenvalue weighted by atomic mass is 10.0. The van der Waals surface area contributed by atoms with Crippen molar-refractivity contribution >= 4 is 11.9 Å². The average molecular weight is 295 g/mol. The number of nitrogens with zero attached hydrogens (tertiary/aromatic N) is 3. The van der Waals surface area contributed by atoms with Crippen molar-refractivity contribution in [3.05, 3.63) is 17.0 Å². The minimum Gasteiger partial charge on any atom is -0.461 e. The summed E-state index contributed by atoms with van der Waals surface area (Å²) in [7, 11) is 3.38. The predicted molar refractivity (Wildman–Crippen MR) is 74.8 cm³/mol. The van der Waals surface area contributed by atoms with Crippen LogP contribution in [0.25, 0.3) is 0 Å². The third-order valence-electron chi connectivity index (χ3n) is 3.58. The van der Waals surface area contributed by atoms with Gasteiger partial charge in [-0.05, 0) is 6.92 Å². The van der Waals surface area contributed by atoms with Gasteiger partial charge < -0.3 is 14.4 Å². The van der Waals surface area contributed by atoms with Crippen LogP contribution in [0.4, 0.5) is 0 Å². The molecule has 0 radical (unpaired) electrons. The van der Waals surface area contributed by atoms with Crippen LogP contribution in [0, 0.1) is 0 Å². The van der Waals surface area contributed by atoms with Crippen molar-refractivity contribution in [2.75, 3.05) is 26.9 Å². The van der Waals surface area contributed by atoms with Crippen molar-refractivity contribution in [1.82, 2.24) is 14.7 Å². The molecule has 21 heavy (non-hydrogen) atoms. The molecule has 0 spiro atoms. The summed E-state index contributed by atoms with van der Waals surface area (Å²) >= 11 is 0. The second kappa shape index (κ2) is 6.71. The van der Waals surface area contributed by atoms with E-state index in [9.17, 15) is 9.59 Å². The molecular formula is C14H21N3O4. The highest BCUT2D eigenvalue weighted by molar-refractivity contribution is 5.89. The predicted octanol–water partition coefficient (Wildman–Crippen LogP) is 0.518. The lowest BCUT2D eigenvalue weighted by Gasteiger charge is -2.27. The number of amides is 1. The Hall–Kier alpha value is -1.89. The fourth-order valence-corrected chi connectivity index (χ4v) is 2.52. The van der Waals surface area contributed by atoms with Crippen LogP contribution >= 0.6 is 0 Å². The van der Waals surface area contributed by atoms with E-state index in [-0.39, 0.29) is 5.91 Å². The third kappa shape index (κ3) is 3.24. The monoisotopic (exact) mass is 295 g/mol. The van der Waals surface area contributed by atoms with Gasteiger partial charge in [-0.15, -0.1) is 0 Å². The van der Waals surface area contributed by atoms with Gasteiger partial charge in [0.2, 0.25) is 5.91 Å². The number of esters is 1. The van der Waals surface area contributed by atoms with Crippen LogP contribution in [0.3, 0.4) is 0 Å². The molecule has 0 saturated carbocycles. The number of carbonyl (C=O) groups is 2. The average Bonchev–Trinajstić information content (AvgIpc) is 2.82. The number of hydrogen-bond donors (Lipinski definition) is 0. The maximum atomic E-state index is 12.1. The molecule has 7 nitrogen and oxygen atoms in total. The van der Waals surface area contributed by atoms with Crippen molar-refractivity contribution in [3.63, 3.8) is 0 Å². The van der Waals surface area contributed by atoms with Gasteiger partial charge >= 0.3 is 5.97 Å². The molecule has 0 aliphatic carbocycles. The molecule has 1 amide bonds. The number of aryl methyl sites for hydroxylation is 1. The highest BCUT2D eigenvalue weighted by atomic mass is 16.5. The summed E-state index contributed by atoms with van der Waals surface area (Å²) in [5.74, 6) is -0.401. The quantitative estimate of drug-likeness (QED) is 0.740. The molecule has 2 heterocycles. The van der Waals surface area contributed by atoms with Gasteiger partial charge in [0.15, 0.2) is 5.69 Å². The Balaban J connectivity index is 2.18. The fraction of sp³-hybridized carbons (Fsp3) is 0.643. The van der Waals surface area contributed by atoms with Gasteiger partial charge in [0.1, 0.15) is 0 Å². The standard InChI is InChI=1S/C14H21N3O4/c1-4-21-14(19)13-10-9-17(12(18)6-8-20-3)7-5-11(10)16(2)15-13/h4-9H2,1-3H3. The fourth-order valence-electron chi connectivity index (χ4n) is 2.52. The summed E-state index contributed by atoms with van der Waals surface area (Å²) in [4.78, 5) is 25.8. The van der Waals surface area contributed by atoms with Gasteiger partial charge in [-0.2, -0.15) is 5.10 Å². The summed E-state index contributed by atoms with van der Waals surface area (Å²) in [6.07, 6.45) is 1.04. The number of carbonyl (C=O) groups excluding carboxylic acids is 2. The lowest BCUT2D eigenvalue weighted by molar-refractivity contribution is -0.133. The molecule has 116 valence electrons. The van der Waals surface area contributed by atoms with Crippen molar-refractivity contribution < 1.29 is 19.1 Å². The molecule has 0 N–H and O–H groups in total. The Labute approximate surface area is 123 Å². The highest BCUT2D eigenvalue weighted by Crippen LogP contribution is 2.23. The zero-order valence-electron chi connectivity index (χ0n) is 12.7. The van der Waals surface area contributed by atoms with Crippen LogP contribution in [0.15, 0.2) is 0 Å². The number of aromatic nitrogens is 2. The molecule has 1 aromatic heterocycles. The Morgan fingerprint density at radius 2 is 2.14 bits per heavy atom. The van der Waals surface area contributed by atoms with Gasteiger partial charge in [-0.3, -0.25) is 9.48 Å². The van der Waals surface area contributed by atoms with Crippen molar-refractivity contribution in [1.29, 1.82) is 0 Å². The van der Waals surface area contributed by atoms with Gasteiger partial charge in [-0.1, -0.05) is 0 Å². The van der Waals surface area contributed by atoms with E-state index in [4.69, 9.17) is 9.47 Å². The van der Waals surface area contributed by atoms with Crippen LogP contribution in [0.2, 0.25) is 0 Å². The molecule has 0 aromatic carbocycles. The molecule has 0 bridgehead atoms. The number of hydrogen-bond acceptors (Lipinski definition) is 5. The number of methoxy groups -OCH3 is 1.